The minimum absolute atomic E-state index is 0.0664. The van der Waals surface area contributed by atoms with E-state index in [0.29, 0.717) is 16.9 Å². The average molecular weight is 604 g/mol. The maximum absolute atomic E-state index is 8.85. The lowest BCUT2D eigenvalue weighted by Crippen LogP contribution is -1.97. The largest absolute Gasteiger partial charge is 0.292 e. The molecule has 2 heteroatoms. The van der Waals surface area contributed by atoms with Crippen molar-refractivity contribution in [3.8, 4) is 50.5 Å². The molecule has 2 nitrogen and oxygen atoms in total. The summed E-state index contributed by atoms with van der Waals surface area (Å²) in [6.45, 7) is 0. The molecule has 9 aromatic rings. The van der Waals surface area contributed by atoms with E-state index < -0.39 is 6.04 Å². The lowest BCUT2D eigenvalue weighted by atomic mass is 9.84. The second-order valence-corrected chi connectivity index (χ2v) is 11.6. The Morgan fingerprint density at radius 2 is 1.02 bits per heavy atom. The van der Waals surface area contributed by atoms with Crippen molar-refractivity contribution >= 4 is 32.6 Å². The molecule has 0 aliphatic carbocycles. The fourth-order valence-corrected chi connectivity index (χ4v) is 6.83. The van der Waals surface area contributed by atoms with E-state index in [1.807, 2.05) is 48.5 Å². The van der Waals surface area contributed by atoms with E-state index in [0.717, 1.165) is 54.9 Å². The third kappa shape index (κ3) is 4.62. The highest BCUT2D eigenvalue weighted by atomic mass is 15.1. The summed E-state index contributed by atoms with van der Waals surface area (Å²) in [5.74, 6) is 0.488. The number of hydrogen-bond acceptors (Lipinski definition) is 1. The molecular formula is C45H30N2. The third-order valence-corrected chi connectivity index (χ3v) is 8.87. The predicted molar refractivity (Wildman–Crippen MR) is 198 cm³/mol. The second-order valence-electron chi connectivity index (χ2n) is 11.6. The Balaban J connectivity index is 1.34. The molecule has 0 amide bonds. The number of aromatic nitrogens is 2. The topological polar surface area (TPSA) is 17.8 Å². The fraction of sp³-hybridized carbons (Fsp3) is 0. The zero-order valence-electron chi connectivity index (χ0n) is 30.3. The van der Waals surface area contributed by atoms with Crippen LogP contribution in [0, 0.1) is 0 Å². The van der Waals surface area contributed by atoms with Gasteiger partial charge in [0.2, 0.25) is 0 Å². The van der Waals surface area contributed by atoms with Gasteiger partial charge in [-0.25, -0.2) is 4.98 Å². The van der Waals surface area contributed by atoms with Gasteiger partial charge in [-0.05, 0) is 91.3 Å². The van der Waals surface area contributed by atoms with Crippen LogP contribution in [-0.4, -0.2) is 9.55 Å². The van der Waals surface area contributed by atoms with Crippen molar-refractivity contribution in [3.05, 3.63) is 182 Å². The van der Waals surface area contributed by atoms with Crippen LogP contribution in [0.4, 0.5) is 0 Å². The Morgan fingerprint density at radius 1 is 0.426 bits per heavy atom. The van der Waals surface area contributed by atoms with E-state index in [9.17, 15) is 0 Å². The van der Waals surface area contributed by atoms with Crippen LogP contribution in [0.2, 0.25) is 0 Å². The molecule has 0 aliphatic rings. The number of nitrogens with zero attached hydrogens (tertiary/aromatic N) is 2. The van der Waals surface area contributed by atoms with Gasteiger partial charge in [0, 0.05) is 11.3 Å². The van der Waals surface area contributed by atoms with Gasteiger partial charge in [-0.15, -0.1) is 0 Å². The maximum atomic E-state index is 8.85. The molecule has 0 spiro atoms. The molecule has 0 radical (unpaired) electrons. The molecule has 8 aromatic carbocycles. The van der Waals surface area contributed by atoms with Crippen LogP contribution >= 0.6 is 0 Å². The van der Waals surface area contributed by atoms with Crippen LogP contribution < -0.4 is 0 Å². The van der Waals surface area contributed by atoms with Crippen molar-refractivity contribution in [3.63, 3.8) is 0 Å². The van der Waals surface area contributed by atoms with Crippen molar-refractivity contribution in [2.75, 3.05) is 0 Å². The zero-order chi connectivity index (χ0) is 35.5. The van der Waals surface area contributed by atoms with E-state index in [1.54, 1.807) is 4.57 Å². The van der Waals surface area contributed by atoms with Crippen molar-refractivity contribution in [1.82, 2.24) is 9.55 Å². The highest BCUT2D eigenvalue weighted by Crippen LogP contribution is 2.45. The van der Waals surface area contributed by atoms with Gasteiger partial charge in [0.15, 0.2) is 0 Å². The van der Waals surface area contributed by atoms with E-state index >= 15 is 0 Å². The van der Waals surface area contributed by atoms with Crippen LogP contribution in [0.25, 0.3) is 83.0 Å². The number of imidazole rings is 1. The quantitative estimate of drug-likeness (QED) is 0.179. The van der Waals surface area contributed by atoms with Gasteiger partial charge in [-0.3, -0.25) is 4.57 Å². The van der Waals surface area contributed by atoms with E-state index in [1.165, 1.54) is 5.56 Å². The number of benzene rings is 8. The smallest absolute Gasteiger partial charge is 0.145 e. The Morgan fingerprint density at radius 3 is 1.79 bits per heavy atom. The molecule has 0 N–H and O–H groups in total. The summed E-state index contributed by atoms with van der Waals surface area (Å²) in [5, 5.41) is 4.49. The van der Waals surface area contributed by atoms with Crippen molar-refractivity contribution in [2.24, 2.45) is 0 Å². The van der Waals surface area contributed by atoms with E-state index in [2.05, 4.69) is 103 Å². The van der Waals surface area contributed by atoms with Crippen molar-refractivity contribution < 1.29 is 6.85 Å². The maximum Gasteiger partial charge on any atom is 0.145 e. The molecule has 9 rings (SSSR count). The third-order valence-electron chi connectivity index (χ3n) is 8.87. The van der Waals surface area contributed by atoms with Gasteiger partial charge in [0.05, 0.1) is 17.9 Å². The Bertz CT molecular complexity index is 2820. The Kier molecular flexibility index (Phi) is 5.35. The summed E-state index contributed by atoms with van der Waals surface area (Å²) >= 11 is 0. The molecular weight excluding hydrogens is 569 g/mol. The average Bonchev–Trinajstić information content (AvgIpc) is 3.58. The molecule has 1 heterocycles. The van der Waals surface area contributed by atoms with Gasteiger partial charge < -0.3 is 0 Å². The highest BCUT2D eigenvalue weighted by Gasteiger charge is 2.19. The molecule has 47 heavy (non-hydrogen) atoms. The number of rotatable bonds is 5. The first-order valence-electron chi connectivity index (χ1n) is 18.2. The molecule has 0 bridgehead atoms. The molecule has 0 unspecified atom stereocenters. The molecule has 0 saturated carbocycles. The van der Waals surface area contributed by atoms with Gasteiger partial charge >= 0.3 is 0 Å². The Hall–Kier alpha value is -6.25. The minimum atomic E-state index is -0.431. The van der Waals surface area contributed by atoms with Crippen molar-refractivity contribution in [2.45, 2.75) is 0 Å². The first-order chi connectivity index (χ1) is 25.4. The van der Waals surface area contributed by atoms with Gasteiger partial charge in [0.25, 0.3) is 0 Å². The highest BCUT2D eigenvalue weighted by molar-refractivity contribution is 6.22. The predicted octanol–water partition coefficient (Wildman–Crippen LogP) is 12.0. The van der Waals surface area contributed by atoms with Crippen LogP contribution in [0.5, 0.6) is 0 Å². The molecule has 0 saturated heterocycles. The summed E-state index contributed by atoms with van der Waals surface area (Å²) in [6, 6.07) is 50.1. The molecule has 0 fully saturated rings. The summed E-state index contributed by atoms with van der Waals surface area (Å²) in [4.78, 5) is 5.01. The molecule has 1 aromatic heterocycles. The van der Waals surface area contributed by atoms with Gasteiger partial charge in [-0.1, -0.05) is 146 Å². The van der Waals surface area contributed by atoms with Crippen LogP contribution in [-0.2, 0) is 0 Å². The summed E-state index contributed by atoms with van der Waals surface area (Å²) < 4.78 is 44.5. The standard InChI is InChI=1S/C45H30N2/c1-4-15-31(16-5-1)33-27-28-39-40(30-33)43(32-17-6-2-7-18-32)37-23-10-11-24-38(37)44(39)34-19-14-20-35(29-34)45-46-41-25-12-13-26-42(41)47(45)36-21-8-3-9-22-36/h1-30H/i3D,8D,9D,21D,22D. The number of fused-ring (bicyclic) bond motifs is 3. The number of para-hydroxylation sites is 3. The molecule has 0 aliphatic heterocycles. The summed E-state index contributed by atoms with van der Waals surface area (Å²) in [5.41, 5.74) is 8.78. The molecule has 220 valence electrons. The first-order valence-corrected chi connectivity index (χ1v) is 15.7. The van der Waals surface area contributed by atoms with Crippen molar-refractivity contribution in [1.29, 1.82) is 0 Å². The first kappa shape index (κ1) is 22.3. The van der Waals surface area contributed by atoms with Crippen LogP contribution in [0.1, 0.15) is 6.85 Å². The molecule has 0 atom stereocenters. The fourth-order valence-electron chi connectivity index (χ4n) is 6.83. The van der Waals surface area contributed by atoms with Gasteiger partial charge in [0.1, 0.15) is 5.82 Å². The van der Waals surface area contributed by atoms with Crippen LogP contribution in [0.15, 0.2) is 182 Å². The minimum Gasteiger partial charge on any atom is -0.292 e. The second kappa shape index (κ2) is 11.3. The van der Waals surface area contributed by atoms with E-state index in [-0.39, 0.29) is 29.9 Å². The normalized spacial score (nSPS) is 12.9. The zero-order valence-corrected chi connectivity index (χ0v) is 25.3. The SMILES string of the molecule is [2H]c1c([2H])c([2H])c(-n2c(-c3cccc(-c4c5ccccc5c(-c5ccccc5)c5cc(-c6ccccc6)ccc45)c3)nc3ccccc32)c([2H])c1[2H]. The lowest BCUT2D eigenvalue weighted by Gasteiger charge is -2.19. The van der Waals surface area contributed by atoms with E-state index in [4.69, 9.17) is 11.8 Å². The summed E-state index contributed by atoms with van der Waals surface area (Å²) in [7, 11) is 0. The summed E-state index contributed by atoms with van der Waals surface area (Å²) in [6.07, 6.45) is 0. The Labute approximate surface area is 280 Å². The number of hydrogen-bond donors (Lipinski definition) is 0. The monoisotopic (exact) mass is 603 g/mol. The lowest BCUT2D eigenvalue weighted by molar-refractivity contribution is 1.10. The van der Waals surface area contributed by atoms with Gasteiger partial charge in [-0.2, -0.15) is 0 Å². The van der Waals surface area contributed by atoms with Crippen LogP contribution in [0.3, 0.4) is 0 Å².